The quantitative estimate of drug-likeness (QED) is 0.337. The third-order valence-electron chi connectivity index (χ3n) is 7.66. The lowest BCUT2D eigenvalue weighted by Crippen LogP contribution is -2.53. The molecule has 0 saturated heterocycles. The molecule has 3 aromatic rings. The number of benzene rings is 3. The van der Waals surface area contributed by atoms with Crippen molar-refractivity contribution >= 4 is 27.5 Å². The fraction of sp³-hybridized carbons (Fsp3) is 0.394. The number of nitrogens with one attached hydrogen (secondary N) is 1. The summed E-state index contributed by atoms with van der Waals surface area (Å²) < 4.78 is 29.1. The maximum Gasteiger partial charge on any atom is 0.264 e. The Morgan fingerprint density at radius 2 is 1.51 bits per heavy atom. The average Bonchev–Trinajstić information content (AvgIpc) is 2.94. The molecule has 2 amide bonds. The predicted octanol–water partition coefficient (Wildman–Crippen LogP) is 5.67. The van der Waals surface area contributed by atoms with E-state index in [4.69, 9.17) is 0 Å². The Hall–Kier alpha value is -3.65. The third kappa shape index (κ3) is 7.76. The first-order chi connectivity index (χ1) is 19.5. The van der Waals surface area contributed by atoms with Gasteiger partial charge >= 0.3 is 0 Å². The summed E-state index contributed by atoms with van der Waals surface area (Å²) in [4.78, 5) is 29.2. The molecule has 0 spiro atoms. The van der Waals surface area contributed by atoms with Crippen LogP contribution in [0.3, 0.4) is 0 Å². The molecule has 8 heteroatoms. The number of rotatable bonds is 10. The minimum Gasteiger partial charge on any atom is -0.352 e. The Labute approximate surface area is 244 Å². The summed E-state index contributed by atoms with van der Waals surface area (Å²) in [6, 6.07) is 20.7. The van der Waals surface area contributed by atoms with E-state index in [0.717, 1.165) is 47.9 Å². The SMILES string of the molecule is Cc1cccc(CN(C(=O)CN(c2cc(C)cc(C)c2)S(=O)(=O)c2ccccc2)[C@@H](C)C(=O)NC2CCCCC2)c1. The summed E-state index contributed by atoms with van der Waals surface area (Å²) in [7, 11) is -4.08. The zero-order chi connectivity index (χ0) is 29.6. The number of hydrogen-bond donors (Lipinski definition) is 1. The maximum absolute atomic E-state index is 14.1. The molecule has 0 unspecified atom stereocenters. The number of carbonyl (C=O) groups is 2. The first-order valence-electron chi connectivity index (χ1n) is 14.4. The Morgan fingerprint density at radius 3 is 2.15 bits per heavy atom. The average molecular weight is 576 g/mol. The van der Waals surface area contributed by atoms with Gasteiger partial charge in [0.15, 0.2) is 0 Å². The molecule has 0 bridgehead atoms. The van der Waals surface area contributed by atoms with E-state index in [9.17, 15) is 18.0 Å². The van der Waals surface area contributed by atoms with Crippen molar-refractivity contribution in [1.29, 1.82) is 0 Å². The molecule has 1 saturated carbocycles. The number of amides is 2. The maximum atomic E-state index is 14.1. The molecule has 41 heavy (non-hydrogen) atoms. The monoisotopic (exact) mass is 575 g/mol. The van der Waals surface area contributed by atoms with Crippen LogP contribution < -0.4 is 9.62 Å². The van der Waals surface area contributed by atoms with Crippen LogP contribution in [-0.4, -0.2) is 43.8 Å². The second-order valence-corrected chi connectivity index (χ2v) is 13.1. The molecule has 0 heterocycles. The van der Waals surface area contributed by atoms with Gasteiger partial charge in [-0.1, -0.05) is 73.4 Å². The van der Waals surface area contributed by atoms with Crippen LogP contribution in [0.2, 0.25) is 0 Å². The van der Waals surface area contributed by atoms with Gasteiger partial charge in [0, 0.05) is 12.6 Å². The van der Waals surface area contributed by atoms with Crippen molar-refractivity contribution in [3.63, 3.8) is 0 Å². The molecule has 1 aliphatic rings. The van der Waals surface area contributed by atoms with E-state index in [1.54, 1.807) is 37.3 Å². The summed E-state index contributed by atoms with van der Waals surface area (Å²) in [6.07, 6.45) is 5.19. The number of nitrogens with zero attached hydrogens (tertiary/aromatic N) is 2. The second-order valence-electron chi connectivity index (χ2n) is 11.2. The lowest BCUT2D eigenvalue weighted by Gasteiger charge is -2.33. The summed E-state index contributed by atoms with van der Waals surface area (Å²) in [5.74, 6) is -0.668. The zero-order valence-corrected chi connectivity index (χ0v) is 25.3. The van der Waals surface area contributed by atoms with Crippen LogP contribution in [0, 0.1) is 20.8 Å². The van der Waals surface area contributed by atoms with Crippen molar-refractivity contribution in [2.45, 2.75) is 83.3 Å². The minimum atomic E-state index is -4.08. The van der Waals surface area contributed by atoms with Crippen LogP contribution in [0.25, 0.3) is 0 Å². The van der Waals surface area contributed by atoms with Gasteiger partial charge < -0.3 is 10.2 Å². The van der Waals surface area contributed by atoms with Crippen LogP contribution >= 0.6 is 0 Å². The van der Waals surface area contributed by atoms with Crippen LogP contribution in [0.5, 0.6) is 0 Å². The number of hydrogen-bond acceptors (Lipinski definition) is 4. The highest BCUT2D eigenvalue weighted by Gasteiger charge is 2.33. The van der Waals surface area contributed by atoms with E-state index in [1.807, 2.05) is 51.1 Å². The summed E-state index contributed by atoms with van der Waals surface area (Å²) in [5.41, 5.74) is 4.10. The molecule has 0 radical (unpaired) electrons. The van der Waals surface area contributed by atoms with Crippen molar-refractivity contribution in [2.24, 2.45) is 0 Å². The fourth-order valence-electron chi connectivity index (χ4n) is 5.50. The highest BCUT2D eigenvalue weighted by Crippen LogP contribution is 2.27. The third-order valence-corrected chi connectivity index (χ3v) is 9.45. The van der Waals surface area contributed by atoms with E-state index in [0.29, 0.717) is 5.69 Å². The predicted molar refractivity (Wildman–Crippen MR) is 163 cm³/mol. The smallest absolute Gasteiger partial charge is 0.264 e. The van der Waals surface area contributed by atoms with Crippen LogP contribution in [0.4, 0.5) is 5.69 Å². The molecule has 3 aromatic carbocycles. The van der Waals surface area contributed by atoms with Gasteiger partial charge in [0.1, 0.15) is 12.6 Å². The lowest BCUT2D eigenvalue weighted by molar-refractivity contribution is -0.139. The van der Waals surface area contributed by atoms with Crippen molar-refractivity contribution in [3.8, 4) is 0 Å². The fourth-order valence-corrected chi connectivity index (χ4v) is 6.92. The molecule has 1 aliphatic carbocycles. The number of carbonyl (C=O) groups excluding carboxylic acids is 2. The van der Waals surface area contributed by atoms with Crippen molar-refractivity contribution in [2.75, 3.05) is 10.8 Å². The molecule has 1 fully saturated rings. The Bertz CT molecular complexity index is 1450. The van der Waals surface area contributed by atoms with Gasteiger partial charge in [0.2, 0.25) is 11.8 Å². The highest BCUT2D eigenvalue weighted by molar-refractivity contribution is 7.92. The number of aryl methyl sites for hydroxylation is 3. The lowest BCUT2D eigenvalue weighted by atomic mass is 9.95. The van der Waals surface area contributed by atoms with E-state index >= 15 is 0 Å². The van der Waals surface area contributed by atoms with Gasteiger partial charge in [-0.05, 0) is 81.5 Å². The number of anilines is 1. The first-order valence-corrected chi connectivity index (χ1v) is 15.8. The summed E-state index contributed by atoms with van der Waals surface area (Å²) >= 11 is 0. The van der Waals surface area contributed by atoms with Crippen molar-refractivity contribution in [3.05, 3.63) is 95.1 Å². The summed E-state index contributed by atoms with van der Waals surface area (Å²) in [6.45, 7) is 7.24. The zero-order valence-electron chi connectivity index (χ0n) is 24.5. The molecule has 7 nitrogen and oxygen atoms in total. The topological polar surface area (TPSA) is 86.8 Å². The van der Waals surface area contributed by atoms with E-state index < -0.39 is 28.5 Å². The normalized spacial score (nSPS) is 14.7. The second kappa shape index (κ2) is 13.3. The molecule has 0 aromatic heterocycles. The summed E-state index contributed by atoms with van der Waals surface area (Å²) in [5, 5.41) is 3.14. The van der Waals surface area contributed by atoms with Crippen molar-refractivity contribution < 1.29 is 18.0 Å². The van der Waals surface area contributed by atoms with Gasteiger partial charge in [-0.25, -0.2) is 8.42 Å². The van der Waals surface area contributed by atoms with E-state index in [-0.39, 0.29) is 23.4 Å². The van der Waals surface area contributed by atoms with E-state index in [1.165, 1.54) is 27.8 Å². The van der Waals surface area contributed by atoms with Crippen molar-refractivity contribution in [1.82, 2.24) is 10.2 Å². The molecule has 4 rings (SSSR count). The largest absolute Gasteiger partial charge is 0.352 e. The Morgan fingerprint density at radius 1 is 0.854 bits per heavy atom. The van der Waals surface area contributed by atoms with Gasteiger partial charge in [-0.15, -0.1) is 0 Å². The first kappa shape index (κ1) is 30.3. The minimum absolute atomic E-state index is 0.0971. The molecule has 1 N–H and O–H groups in total. The van der Waals surface area contributed by atoms with Gasteiger partial charge in [0.25, 0.3) is 10.0 Å². The molecule has 0 aliphatic heterocycles. The van der Waals surface area contributed by atoms with Crippen LogP contribution in [0.1, 0.15) is 61.3 Å². The van der Waals surface area contributed by atoms with Gasteiger partial charge in [0.05, 0.1) is 10.6 Å². The molecule has 218 valence electrons. The molecular weight excluding hydrogens is 534 g/mol. The van der Waals surface area contributed by atoms with Gasteiger partial charge in [-0.3, -0.25) is 13.9 Å². The number of sulfonamides is 1. The van der Waals surface area contributed by atoms with Crippen LogP contribution in [0.15, 0.2) is 77.7 Å². The highest BCUT2D eigenvalue weighted by atomic mass is 32.2. The van der Waals surface area contributed by atoms with Crippen LogP contribution in [-0.2, 0) is 26.2 Å². The molecular formula is C33H41N3O4S. The standard InChI is InChI=1S/C33H41N3O4S/c1-24-12-11-13-28(19-24)22-35(27(4)33(38)34-29-14-7-5-8-15-29)32(37)23-36(30-20-25(2)18-26(3)21-30)41(39,40)31-16-9-6-10-17-31/h6,9-13,16-21,27,29H,5,7-8,14-15,22-23H2,1-4H3,(H,34,38)/t27-/m0/s1. The Balaban J connectivity index is 1.69. The Kier molecular flexibility index (Phi) is 9.86. The van der Waals surface area contributed by atoms with Gasteiger partial charge in [-0.2, -0.15) is 0 Å². The molecule has 1 atom stereocenters. The van der Waals surface area contributed by atoms with E-state index in [2.05, 4.69) is 5.32 Å².